The van der Waals surface area contributed by atoms with Crippen LogP contribution < -0.4 is 10.7 Å². The zero-order valence-electron chi connectivity index (χ0n) is 9.22. The van der Waals surface area contributed by atoms with Crippen LogP contribution in [0.15, 0.2) is 11.0 Å². The maximum atomic E-state index is 11.5. The van der Waals surface area contributed by atoms with E-state index in [0.29, 0.717) is 0 Å². The van der Waals surface area contributed by atoms with Crippen molar-refractivity contribution < 1.29 is 0 Å². The number of H-pyrrole nitrogens is 1. The fourth-order valence-electron chi connectivity index (χ4n) is 1.24. The van der Waals surface area contributed by atoms with Gasteiger partial charge >= 0.3 is 0 Å². The monoisotopic (exact) mass is 252 g/mol. The molecule has 1 rings (SSSR count). The molecule has 1 aromatic rings. The molecule has 0 unspecified atom stereocenters. The van der Waals surface area contributed by atoms with Crippen molar-refractivity contribution in [3.8, 4) is 0 Å². The first-order valence-corrected chi connectivity index (χ1v) is 4.55. The van der Waals surface area contributed by atoms with E-state index in [1.165, 1.54) is 0 Å². The van der Waals surface area contributed by atoms with E-state index < -0.39 is 0 Å². The SMILES string of the molecule is CCNCc1[nH]cc(C)c(=O)c1C.Cl.Cl. The van der Waals surface area contributed by atoms with E-state index in [-0.39, 0.29) is 30.2 Å². The van der Waals surface area contributed by atoms with Crippen molar-refractivity contribution in [2.75, 3.05) is 6.54 Å². The van der Waals surface area contributed by atoms with Crippen LogP contribution in [-0.2, 0) is 6.54 Å². The van der Waals surface area contributed by atoms with Gasteiger partial charge in [-0.1, -0.05) is 6.92 Å². The topological polar surface area (TPSA) is 44.9 Å². The average molecular weight is 253 g/mol. The lowest BCUT2D eigenvalue weighted by atomic mass is 10.1. The van der Waals surface area contributed by atoms with Gasteiger partial charge in [0.2, 0.25) is 0 Å². The molecule has 0 atom stereocenters. The number of rotatable bonds is 3. The number of aryl methyl sites for hydroxylation is 1. The second-order valence-corrected chi connectivity index (χ2v) is 3.18. The number of aromatic amines is 1. The Morgan fingerprint density at radius 1 is 1.33 bits per heavy atom. The van der Waals surface area contributed by atoms with Gasteiger partial charge < -0.3 is 10.3 Å². The summed E-state index contributed by atoms with van der Waals surface area (Å²) in [7, 11) is 0. The second kappa shape index (κ2) is 7.74. The van der Waals surface area contributed by atoms with Crippen LogP contribution in [0.25, 0.3) is 0 Å². The van der Waals surface area contributed by atoms with Gasteiger partial charge in [0, 0.05) is 29.6 Å². The lowest BCUT2D eigenvalue weighted by Gasteiger charge is -2.06. The second-order valence-electron chi connectivity index (χ2n) is 3.18. The Balaban J connectivity index is 0. The van der Waals surface area contributed by atoms with Crippen molar-refractivity contribution >= 4 is 24.8 Å². The Bertz CT molecular complexity index is 350. The maximum Gasteiger partial charge on any atom is 0.187 e. The molecule has 0 aliphatic heterocycles. The van der Waals surface area contributed by atoms with Gasteiger partial charge in [-0.2, -0.15) is 0 Å². The third-order valence-corrected chi connectivity index (χ3v) is 2.17. The first-order valence-electron chi connectivity index (χ1n) is 4.55. The van der Waals surface area contributed by atoms with E-state index in [1.807, 2.05) is 20.8 Å². The summed E-state index contributed by atoms with van der Waals surface area (Å²) in [6.45, 7) is 7.37. The molecular weight excluding hydrogens is 235 g/mol. The van der Waals surface area contributed by atoms with E-state index in [9.17, 15) is 4.79 Å². The van der Waals surface area contributed by atoms with Gasteiger partial charge in [0.15, 0.2) is 5.43 Å². The zero-order chi connectivity index (χ0) is 9.84. The van der Waals surface area contributed by atoms with Crippen LogP contribution in [0.2, 0.25) is 0 Å². The highest BCUT2D eigenvalue weighted by molar-refractivity contribution is 5.85. The first kappa shape index (κ1) is 16.9. The minimum atomic E-state index is 0. The number of hydrogen-bond donors (Lipinski definition) is 2. The largest absolute Gasteiger partial charge is 0.363 e. The van der Waals surface area contributed by atoms with Crippen LogP contribution in [0.5, 0.6) is 0 Å². The molecule has 0 aromatic carbocycles. The van der Waals surface area contributed by atoms with Gasteiger partial charge in [0.25, 0.3) is 0 Å². The van der Waals surface area contributed by atoms with Crippen LogP contribution in [0.4, 0.5) is 0 Å². The fraction of sp³-hybridized carbons (Fsp3) is 0.500. The summed E-state index contributed by atoms with van der Waals surface area (Å²) >= 11 is 0. The summed E-state index contributed by atoms with van der Waals surface area (Å²) in [6, 6.07) is 0. The minimum absolute atomic E-state index is 0. The third kappa shape index (κ3) is 4.24. The van der Waals surface area contributed by atoms with Crippen LogP contribution in [0.3, 0.4) is 0 Å². The van der Waals surface area contributed by atoms with Crippen molar-refractivity contribution in [3.05, 3.63) is 33.2 Å². The van der Waals surface area contributed by atoms with Crippen molar-refractivity contribution in [1.29, 1.82) is 0 Å². The quantitative estimate of drug-likeness (QED) is 0.864. The summed E-state index contributed by atoms with van der Waals surface area (Å²) in [6.07, 6.45) is 1.77. The molecule has 0 fully saturated rings. The van der Waals surface area contributed by atoms with E-state index in [0.717, 1.165) is 29.9 Å². The maximum absolute atomic E-state index is 11.5. The zero-order valence-corrected chi connectivity index (χ0v) is 10.8. The highest BCUT2D eigenvalue weighted by Crippen LogP contribution is 1.99. The summed E-state index contributed by atoms with van der Waals surface area (Å²) in [4.78, 5) is 14.6. The van der Waals surface area contributed by atoms with E-state index in [1.54, 1.807) is 6.20 Å². The summed E-state index contributed by atoms with van der Waals surface area (Å²) in [5.74, 6) is 0. The lowest BCUT2D eigenvalue weighted by molar-refractivity contribution is 0.705. The molecule has 0 amide bonds. The predicted molar refractivity (Wildman–Crippen MR) is 68.4 cm³/mol. The lowest BCUT2D eigenvalue weighted by Crippen LogP contribution is -2.19. The smallest absolute Gasteiger partial charge is 0.187 e. The van der Waals surface area contributed by atoms with Crippen molar-refractivity contribution in [1.82, 2.24) is 10.3 Å². The summed E-state index contributed by atoms with van der Waals surface area (Å²) < 4.78 is 0. The summed E-state index contributed by atoms with van der Waals surface area (Å²) in [5, 5.41) is 3.18. The molecule has 0 aliphatic rings. The molecule has 2 N–H and O–H groups in total. The van der Waals surface area contributed by atoms with Gasteiger partial charge in [0.1, 0.15) is 0 Å². The molecule has 0 spiro atoms. The molecule has 3 nitrogen and oxygen atoms in total. The standard InChI is InChI=1S/C10H16N2O.2ClH/c1-4-11-6-9-8(3)10(13)7(2)5-12-9;;/h5,11H,4,6H2,1-3H3,(H,12,13);2*1H. The molecule has 1 heterocycles. The molecule has 0 saturated heterocycles. The Kier molecular flexibility index (Phi) is 8.72. The van der Waals surface area contributed by atoms with Crippen molar-refractivity contribution in [3.63, 3.8) is 0 Å². The van der Waals surface area contributed by atoms with Crippen LogP contribution in [-0.4, -0.2) is 11.5 Å². The molecule has 1 aromatic heterocycles. The Hall–Kier alpha value is -0.510. The van der Waals surface area contributed by atoms with Crippen molar-refractivity contribution in [2.24, 2.45) is 0 Å². The van der Waals surface area contributed by atoms with Crippen LogP contribution in [0, 0.1) is 13.8 Å². The Labute approximate surface area is 102 Å². The molecule has 0 saturated carbocycles. The normalized spacial score (nSPS) is 9.00. The average Bonchev–Trinajstić information content (AvgIpc) is 2.13. The van der Waals surface area contributed by atoms with E-state index in [4.69, 9.17) is 0 Å². The molecule has 5 heteroatoms. The van der Waals surface area contributed by atoms with Crippen molar-refractivity contribution in [2.45, 2.75) is 27.3 Å². The van der Waals surface area contributed by atoms with Crippen LogP contribution in [0.1, 0.15) is 23.7 Å². The molecule has 15 heavy (non-hydrogen) atoms. The van der Waals surface area contributed by atoms with Gasteiger partial charge in [-0.05, 0) is 20.4 Å². The fourth-order valence-corrected chi connectivity index (χ4v) is 1.24. The first-order chi connectivity index (χ1) is 6.16. The van der Waals surface area contributed by atoms with Crippen LogP contribution >= 0.6 is 24.8 Å². The van der Waals surface area contributed by atoms with Gasteiger partial charge in [-0.3, -0.25) is 4.79 Å². The van der Waals surface area contributed by atoms with E-state index >= 15 is 0 Å². The molecule has 0 radical (unpaired) electrons. The van der Waals surface area contributed by atoms with Gasteiger partial charge in [-0.25, -0.2) is 0 Å². The number of hydrogen-bond acceptors (Lipinski definition) is 2. The van der Waals surface area contributed by atoms with Gasteiger partial charge in [0.05, 0.1) is 0 Å². The Morgan fingerprint density at radius 3 is 2.47 bits per heavy atom. The molecule has 0 aliphatic carbocycles. The summed E-state index contributed by atoms with van der Waals surface area (Å²) in [5.41, 5.74) is 2.72. The highest BCUT2D eigenvalue weighted by Gasteiger charge is 2.03. The predicted octanol–water partition coefficient (Wildman–Crippen LogP) is 1.94. The Morgan fingerprint density at radius 2 is 1.93 bits per heavy atom. The number of pyridine rings is 1. The molecular formula is C10H18Cl2N2O. The van der Waals surface area contributed by atoms with E-state index in [2.05, 4.69) is 10.3 Å². The third-order valence-electron chi connectivity index (χ3n) is 2.17. The van der Waals surface area contributed by atoms with Gasteiger partial charge in [-0.15, -0.1) is 24.8 Å². The number of halogens is 2. The minimum Gasteiger partial charge on any atom is -0.363 e. The highest BCUT2D eigenvalue weighted by atomic mass is 35.5. The number of nitrogens with one attached hydrogen (secondary N) is 2. The molecule has 0 bridgehead atoms. The number of aromatic nitrogens is 1. The molecule has 88 valence electrons.